The first-order chi connectivity index (χ1) is 10.7. The zero-order valence-corrected chi connectivity index (χ0v) is 12.9. The molecule has 1 aromatic rings. The summed E-state index contributed by atoms with van der Waals surface area (Å²) in [5, 5.41) is 17.6. The second-order valence-electron chi connectivity index (χ2n) is 4.60. The lowest BCUT2D eigenvalue weighted by Crippen LogP contribution is -2.15. The van der Waals surface area contributed by atoms with Crippen molar-refractivity contribution in [3.63, 3.8) is 0 Å². The molecule has 0 spiro atoms. The van der Waals surface area contributed by atoms with Crippen LogP contribution in [0.2, 0.25) is 0 Å². The molecule has 0 saturated carbocycles. The molecule has 1 rings (SSSR count). The van der Waals surface area contributed by atoms with Gasteiger partial charge in [0.05, 0.1) is 5.56 Å². The van der Waals surface area contributed by atoms with E-state index in [1.54, 1.807) is 0 Å². The highest BCUT2D eigenvalue weighted by molar-refractivity contribution is 7.81. The Labute approximate surface area is 131 Å². The predicted molar refractivity (Wildman–Crippen MR) is 80.8 cm³/mol. The number of aliphatic carboxylic acids is 1. The van der Waals surface area contributed by atoms with Gasteiger partial charge in [-0.2, -0.15) is 0 Å². The first-order valence-electron chi connectivity index (χ1n) is 6.49. The maximum absolute atomic E-state index is 12.1. The molecule has 0 aliphatic rings. The second-order valence-corrected chi connectivity index (χ2v) is 6.91. The van der Waals surface area contributed by atoms with Gasteiger partial charge in [-0.1, -0.05) is 0 Å². The maximum atomic E-state index is 12.1. The molecule has 0 aliphatic heterocycles. The summed E-state index contributed by atoms with van der Waals surface area (Å²) in [7, 11) is -3.92. The second kappa shape index (κ2) is 7.98. The Morgan fingerprint density at radius 1 is 1.17 bits per heavy atom. The van der Waals surface area contributed by atoms with E-state index in [0.717, 1.165) is 18.2 Å². The van der Waals surface area contributed by atoms with Gasteiger partial charge in [-0.05, 0) is 31.2 Å². The highest BCUT2D eigenvalue weighted by Gasteiger charge is 2.44. The average molecular weight is 346 g/mol. The van der Waals surface area contributed by atoms with Crippen molar-refractivity contribution in [3.05, 3.63) is 29.3 Å². The van der Waals surface area contributed by atoms with E-state index in [1.807, 2.05) is 0 Å². The van der Waals surface area contributed by atoms with Crippen LogP contribution in [0.25, 0.3) is 0 Å². The first kappa shape index (κ1) is 19.0. The summed E-state index contributed by atoms with van der Waals surface area (Å²) in [6, 6.07) is 3.17. The molecule has 0 atom stereocenters. The molecule has 0 saturated heterocycles. The minimum Gasteiger partial charge on any atom is -0.481 e. The maximum Gasteiger partial charge on any atom is 0.356 e. The van der Waals surface area contributed by atoms with Crippen LogP contribution >= 0.6 is 7.72 Å². The van der Waals surface area contributed by atoms with Crippen molar-refractivity contribution in [1.29, 1.82) is 0 Å². The number of aromatic carboxylic acids is 1. The standard InChI is InChI=1S/C13H16NO8P/c14-4-1-5-23(20,21)13(19)8-2-3-10(22-7-11(15)16)9(6-8)12(17)18/h2-3,6,20-21H,1,4-5,7,14H2,(H-,15,16,17,18)/p+1. The molecular formula is C13H17NO8P+. The van der Waals surface area contributed by atoms with Crippen molar-refractivity contribution in [1.82, 2.24) is 0 Å². The molecule has 0 aliphatic carbocycles. The number of ether oxygens (including phenoxy) is 1. The molecule has 0 fully saturated rings. The molecule has 0 aromatic heterocycles. The van der Waals surface area contributed by atoms with Crippen molar-refractivity contribution in [2.24, 2.45) is 5.73 Å². The van der Waals surface area contributed by atoms with Crippen LogP contribution in [0.3, 0.4) is 0 Å². The minimum atomic E-state index is -3.92. The number of carbonyl (C=O) groups excluding carboxylic acids is 1. The monoisotopic (exact) mass is 346 g/mol. The summed E-state index contributed by atoms with van der Waals surface area (Å²) < 4.78 is 4.82. The van der Waals surface area contributed by atoms with E-state index in [0.29, 0.717) is 0 Å². The quantitative estimate of drug-likeness (QED) is 0.391. The van der Waals surface area contributed by atoms with Gasteiger partial charge in [0.25, 0.3) is 0 Å². The van der Waals surface area contributed by atoms with E-state index >= 15 is 0 Å². The van der Waals surface area contributed by atoms with Gasteiger partial charge in [0, 0.05) is 0 Å². The van der Waals surface area contributed by atoms with E-state index < -0.39 is 37.3 Å². The Morgan fingerprint density at radius 2 is 1.83 bits per heavy atom. The van der Waals surface area contributed by atoms with Crippen LogP contribution in [0.4, 0.5) is 0 Å². The molecule has 126 valence electrons. The van der Waals surface area contributed by atoms with Crippen molar-refractivity contribution < 1.29 is 39.1 Å². The van der Waals surface area contributed by atoms with Crippen LogP contribution in [0, 0.1) is 0 Å². The summed E-state index contributed by atoms with van der Waals surface area (Å²) in [5.74, 6) is -2.97. The number of carbonyl (C=O) groups is 3. The Kier molecular flexibility index (Phi) is 6.59. The number of nitrogens with two attached hydrogens (primary N) is 1. The lowest BCUT2D eigenvalue weighted by molar-refractivity contribution is -0.139. The predicted octanol–water partition coefficient (Wildman–Crippen LogP) is 0.169. The molecule has 0 amide bonds. The average Bonchev–Trinajstić information content (AvgIpc) is 2.49. The largest absolute Gasteiger partial charge is 0.481 e. The summed E-state index contributed by atoms with van der Waals surface area (Å²) in [6.07, 6.45) is 0.0418. The van der Waals surface area contributed by atoms with Gasteiger partial charge >= 0.3 is 25.2 Å². The Balaban J connectivity index is 3.10. The van der Waals surface area contributed by atoms with Crippen LogP contribution < -0.4 is 10.5 Å². The van der Waals surface area contributed by atoms with Crippen molar-refractivity contribution in [3.8, 4) is 5.75 Å². The molecular weight excluding hydrogens is 329 g/mol. The summed E-state index contributed by atoms with van der Waals surface area (Å²) in [5.41, 5.74) is 3.63. The summed E-state index contributed by atoms with van der Waals surface area (Å²) >= 11 is 0. The van der Waals surface area contributed by atoms with Crippen LogP contribution in [0.1, 0.15) is 27.1 Å². The molecule has 23 heavy (non-hydrogen) atoms. The normalized spacial score (nSPS) is 11.1. The van der Waals surface area contributed by atoms with E-state index in [4.69, 9.17) is 20.7 Å². The van der Waals surface area contributed by atoms with Crippen LogP contribution in [-0.4, -0.2) is 56.8 Å². The Morgan fingerprint density at radius 3 is 2.35 bits per heavy atom. The fourth-order valence-corrected chi connectivity index (χ4v) is 3.09. The number of carboxylic acids is 2. The molecule has 0 unspecified atom stereocenters. The van der Waals surface area contributed by atoms with E-state index in [1.165, 1.54) is 0 Å². The lowest BCUT2D eigenvalue weighted by atomic mass is 10.1. The van der Waals surface area contributed by atoms with E-state index in [-0.39, 0.29) is 30.4 Å². The zero-order valence-electron chi connectivity index (χ0n) is 12.0. The van der Waals surface area contributed by atoms with Crippen molar-refractivity contribution in [2.45, 2.75) is 6.42 Å². The van der Waals surface area contributed by atoms with Gasteiger partial charge in [0.1, 0.15) is 17.5 Å². The topological polar surface area (TPSA) is 167 Å². The third kappa shape index (κ3) is 5.26. The fourth-order valence-electron chi connectivity index (χ4n) is 1.72. The molecule has 0 heterocycles. The Hall–Kier alpha value is -2.06. The first-order valence-corrected chi connectivity index (χ1v) is 8.37. The van der Waals surface area contributed by atoms with E-state index in [9.17, 15) is 24.2 Å². The summed E-state index contributed by atoms with van der Waals surface area (Å²) in [4.78, 5) is 53.5. The number of hydrogen-bond acceptors (Lipinski definition) is 7. The van der Waals surface area contributed by atoms with Gasteiger partial charge in [-0.25, -0.2) is 24.2 Å². The molecule has 1 aromatic carbocycles. The van der Waals surface area contributed by atoms with Crippen LogP contribution in [-0.2, 0) is 4.79 Å². The lowest BCUT2D eigenvalue weighted by Gasteiger charge is -2.12. The SMILES string of the molecule is NCCC[P+](O)(O)C(=O)c1ccc(OCC(=O)O)c(C(=O)O)c1. The third-order valence-corrected chi connectivity index (χ3v) is 4.66. The Bertz CT molecular complexity index is 616. The van der Waals surface area contributed by atoms with Crippen LogP contribution in [0.15, 0.2) is 18.2 Å². The van der Waals surface area contributed by atoms with E-state index in [2.05, 4.69) is 0 Å². The smallest absolute Gasteiger partial charge is 0.356 e. The highest BCUT2D eigenvalue weighted by Crippen LogP contribution is 2.53. The zero-order chi connectivity index (χ0) is 17.6. The number of carboxylic acid groups (broad SMARTS) is 2. The molecule has 9 nitrogen and oxygen atoms in total. The van der Waals surface area contributed by atoms with Gasteiger partial charge in [0.2, 0.25) is 0 Å². The van der Waals surface area contributed by atoms with Gasteiger partial charge in [-0.3, -0.25) is 0 Å². The number of hydrogen-bond donors (Lipinski definition) is 5. The number of benzene rings is 1. The molecule has 0 radical (unpaired) electrons. The van der Waals surface area contributed by atoms with Crippen molar-refractivity contribution >= 4 is 25.2 Å². The molecule has 0 bridgehead atoms. The van der Waals surface area contributed by atoms with Crippen LogP contribution in [0.5, 0.6) is 5.75 Å². The molecule has 6 N–H and O–H groups in total. The fraction of sp³-hybridized carbons (Fsp3) is 0.308. The molecule has 10 heteroatoms. The minimum absolute atomic E-state index is 0.179. The third-order valence-electron chi connectivity index (χ3n) is 2.81. The van der Waals surface area contributed by atoms with Crippen molar-refractivity contribution in [2.75, 3.05) is 19.3 Å². The number of rotatable bonds is 9. The van der Waals surface area contributed by atoms with Gasteiger partial charge < -0.3 is 20.7 Å². The summed E-state index contributed by atoms with van der Waals surface area (Å²) in [6.45, 7) is -0.570. The highest BCUT2D eigenvalue weighted by atomic mass is 31.2. The van der Waals surface area contributed by atoms with Gasteiger partial charge in [0.15, 0.2) is 6.61 Å². The van der Waals surface area contributed by atoms with Gasteiger partial charge in [-0.15, -0.1) is 0 Å².